The molecule has 1 aliphatic rings. The maximum Gasteiger partial charge on any atom is 0.271 e. The molecule has 0 radical (unpaired) electrons. The number of rotatable bonds is 6. The van der Waals surface area contributed by atoms with E-state index in [-0.39, 0.29) is 5.69 Å². The van der Waals surface area contributed by atoms with E-state index in [0.29, 0.717) is 27.3 Å². The molecule has 0 atom stereocenters. The number of nitro benzene ring substituents is 1. The Hall–Kier alpha value is -0.660. The van der Waals surface area contributed by atoms with Gasteiger partial charge in [0.25, 0.3) is 5.69 Å². The van der Waals surface area contributed by atoms with Crippen LogP contribution in [0.15, 0.2) is 21.1 Å². The zero-order chi connectivity index (χ0) is 13.1. The molecule has 2 rings (SSSR count). The van der Waals surface area contributed by atoms with Crippen molar-refractivity contribution in [1.29, 1.82) is 0 Å². The van der Waals surface area contributed by atoms with Gasteiger partial charge in [0, 0.05) is 24.7 Å². The van der Waals surface area contributed by atoms with Crippen LogP contribution in [-0.4, -0.2) is 24.1 Å². The molecule has 1 aromatic rings. The number of hydrogen-bond acceptors (Lipinski definition) is 4. The SMILES string of the molecule is O=[N+]([O-])c1cc(Br)c(OCCNC2CC2)c(Br)c1. The molecule has 18 heavy (non-hydrogen) atoms. The molecular weight excluding hydrogens is 368 g/mol. The lowest BCUT2D eigenvalue weighted by atomic mass is 10.3. The quantitative estimate of drug-likeness (QED) is 0.468. The van der Waals surface area contributed by atoms with E-state index in [1.54, 1.807) is 0 Å². The van der Waals surface area contributed by atoms with Crippen LogP contribution >= 0.6 is 31.9 Å². The number of nitro groups is 1. The van der Waals surface area contributed by atoms with Crippen molar-refractivity contribution in [2.45, 2.75) is 18.9 Å². The second-order valence-electron chi connectivity index (χ2n) is 4.07. The van der Waals surface area contributed by atoms with Crippen LogP contribution in [-0.2, 0) is 0 Å². The highest BCUT2D eigenvalue weighted by atomic mass is 79.9. The van der Waals surface area contributed by atoms with Gasteiger partial charge in [-0.05, 0) is 44.7 Å². The molecule has 0 bridgehead atoms. The van der Waals surface area contributed by atoms with Crippen molar-refractivity contribution in [3.63, 3.8) is 0 Å². The normalized spacial score (nSPS) is 14.6. The molecule has 1 saturated carbocycles. The van der Waals surface area contributed by atoms with Gasteiger partial charge in [0.15, 0.2) is 0 Å². The molecule has 0 unspecified atom stereocenters. The third-order valence-electron chi connectivity index (χ3n) is 2.55. The number of nitrogens with one attached hydrogen (secondary N) is 1. The second-order valence-corrected chi connectivity index (χ2v) is 5.78. The van der Waals surface area contributed by atoms with Gasteiger partial charge >= 0.3 is 0 Å². The summed E-state index contributed by atoms with van der Waals surface area (Å²) in [6.07, 6.45) is 2.48. The van der Waals surface area contributed by atoms with E-state index in [2.05, 4.69) is 37.2 Å². The first kappa shape index (κ1) is 13.8. The minimum absolute atomic E-state index is 0.0252. The van der Waals surface area contributed by atoms with Gasteiger partial charge < -0.3 is 10.1 Å². The highest BCUT2D eigenvalue weighted by Crippen LogP contribution is 2.37. The molecule has 1 N–H and O–H groups in total. The van der Waals surface area contributed by atoms with Crippen LogP contribution in [0.25, 0.3) is 0 Å². The van der Waals surface area contributed by atoms with E-state index < -0.39 is 4.92 Å². The Labute approximate surface area is 121 Å². The minimum atomic E-state index is -0.437. The largest absolute Gasteiger partial charge is 0.490 e. The third-order valence-corrected chi connectivity index (χ3v) is 3.73. The Bertz CT molecular complexity index is 441. The number of hydrogen-bond donors (Lipinski definition) is 1. The lowest BCUT2D eigenvalue weighted by molar-refractivity contribution is -0.385. The Morgan fingerprint density at radius 2 is 2.00 bits per heavy atom. The summed E-state index contributed by atoms with van der Waals surface area (Å²) in [6.45, 7) is 1.31. The van der Waals surface area contributed by atoms with E-state index in [4.69, 9.17) is 4.74 Å². The third kappa shape index (κ3) is 3.66. The van der Waals surface area contributed by atoms with Crippen LogP contribution in [0.4, 0.5) is 5.69 Å². The van der Waals surface area contributed by atoms with Gasteiger partial charge in [-0.3, -0.25) is 10.1 Å². The molecule has 5 nitrogen and oxygen atoms in total. The molecule has 0 amide bonds. The minimum Gasteiger partial charge on any atom is -0.490 e. The summed E-state index contributed by atoms with van der Waals surface area (Å²) in [5.74, 6) is 0.596. The Kier molecular flexibility index (Phi) is 4.58. The topological polar surface area (TPSA) is 64.4 Å². The van der Waals surface area contributed by atoms with E-state index >= 15 is 0 Å². The fraction of sp³-hybridized carbons (Fsp3) is 0.455. The monoisotopic (exact) mass is 378 g/mol. The lowest BCUT2D eigenvalue weighted by Crippen LogP contribution is -2.23. The molecule has 0 saturated heterocycles. The average molecular weight is 380 g/mol. The summed E-state index contributed by atoms with van der Waals surface area (Å²) >= 11 is 6.56. The lowest BCUT2D eigenvalue weighted by Gasteiger charge is -2.10. The van der Waals surface area contributed by atoms with Gasteiger partial charge in [-0.2, -0.15) is 0 Å². The smallest absolute Gasteiger partial charge is 0.271 e. The molecule has 0 heterocycles. The van der Waals surface area contributed by atoms with Crippen molar-refractivity contribution in [1.82, 2.24) is 5.32 Å². The number of nitrogens with zero attached hydrogens (tertiary/aromatic N) is 1. The summed E-state index contributed by atoms with van der Waals surface area (Å²) in [5.41, 5.74) is 0.0252. The van der Waals surface area contributed by atoms with Crippen molar-refractivity contribution in [2.75, 3.05) is 13.2 Å². The molecule has 0 aliphatic heterocycles. The first-order chi connectivity index (χ1) is 8.58. The summed E-state index contributed by atoms with van der Waals surface area (Å²) in [5, 5.41) is 14.0. The van der Waals surface area contributed by atoms with E-state index in [1.807, 2.05) is 0 Å². The van der Waals surface area contributed by atoms with Crippen LogP contribution in [0, 0.1) is 10.1 Å². The Morgan fingerprint density at radius 3 is 2.50 bits per heavy atom. The highest BCUT2D eigenvalue weighted by Gasteiger charge is 2.20. The zero-order valence-corrected chi connectivity index (χ0v) is 12.7. The van der Waals surface area contributed by atoms with Gasteiger partial charge in [0.2, 0.25) is 0 Å². The molecular formula is C11H12Br2N2O3. The van der Waals surface area contributed by atoms with E-state index in [0.717, 1.165) is 6.54 Å². The van der Waals surface area contributed by atoms with E-state index in [9.17, 15) is 10.1 Å². The van der Waals surface area contributed by atoms with Crippen LogP contribution in [0.1, 0.15) is 12.8 Å². The number of halogens is 2. The van der Waals surface area contributed by atoms with Crippen LogP contribution in [0.5, 0.6) is 5.75 Å². The first-order valence-corrected chi connectivity index (χ1v) is 7.16. The molecule has 7 heteroatoms. The van der Waals surface area contributed by atoms with Crippen LogP contribution in [0.2, 0.25) is 0 Å². The Morgan fingerprint density at radius 1 is 1.39 bits per heavy atom. The maximum atomic E-state index is 10.7. The van der Waals surface area contributed by atoms with Crippen molar-refractivity contribution in [3.8, 4) is 5.75 Å². The fourth-order valence-electron chi connectivity index (χ4n) is 1.49. The molecule has 0 spiro atoms. The summed E-state index contributed by atoms with van der Waals surface area (Å²) in [4.78, 5) is 10.2. The number of ether oxygens (including phenoxy) is 1. The first-order valence-electron chi connectivity index (χ1n) is 5.57. The molecule has 98 valence electrons. The standard InChI is InChI=1S/C11H12Br2N2O3/c12-9-5-8(15(16)17)6-10(13)11(9)18-4-3-14-7-1-2-7/h5-7,14H,1-4H2. The molecule has 1 aliphatic carbocycles. The molecule has 1 aromatic carbocycles. The van der Waals surface area contributed by atoms with Gasteiger partial charge in [-0.1, -0.05) is 0 Å². The van der Waals surface area contributed by atoms with Crippen molar-refractivity contribution >= 4 is 37.5 Å². The summed E-state index contributed by atoms with van der Waals surface area (Å²) < 4.78 is 6.76. The maximum absolute atomic E-state index is 10.7. The van der Waals surface area contributed by atoms with Crippen LogP contribution < -0.4 is 10.1 Å². The van der Waals surface area contributed by atoms with Gasteiger partial charge in [0.1, 0.15) is 12.4 Å². The van der Waals surface area contributed by atoms with Crippen LogP contribution in [0.3, 0.4) is 0 Å². The van der Waals surface area contributed by atoms with Crippen molar-refractivity contribution in [3.05, 3.63) is 31.2 Å². The second kappa shape index (κ2) is 5.99. The zero-order valence-electron chi connectivity index (χ0n) is 9.49. The number of benzene rings is 1. The Balaban J connectivity index is 1.95. The van der Waals surface area contributed by atoms with Gasteiger partial charge in [0.05, 0.1) is 13.9 Å². The van der Waals surface area contributed by atoms with Gasteiger partial charge in [-0.25, -0.2) is 0 Å². The molecule has 0 aromatic heterocycles. The number of non-ortho nitro benzene ring substituents is 1. The van der Waals surface area contributed by atoms with Gasteiger partial charge in [-0.15, -0.1) is 0 Å². The predicted octanol–water partition coefficient (Wildman–Crippen LogP) is 3.25. The van der Waals surface area contributed by atoms with E-state index in [1.165, 1.54) is 25.0 Å². The predicted molar refractivity (Wildman–Crippen MR) is 75.0 cm³/mol. The fourth-order valence-corrected chi connectivity index (χ4v) is 2.88. The summed E-state index contributed by atoms with van der Waals surface area (Å²) in [6, 6.07) is 3.53. The van der Waals surface area contributed by atoms with Crippen molar-refractivity contribution in [2.24, 2.45) is 0 Å². The van der Waals surface area contributed by atoms with Crippen molar-refractivity contribution < 1.29 is 9.66 Å². The average Bonchev–Trinajstić information content (AvgIpc) is 3.10. The summed E-state index contributed by atoms with van der Waals surface area (Å²) in [7, 11) is 0. The highest BCUT2D eigenvalue weighted by molar-refractivity contribution is 9.11. The molecule has 1 fully saturated rings.